The third kappa shape index (κ3) is 3.49. The number of hydrogen-bond donors (Lipinski definition) is 2. The Hall–Kier alpha value is -0.480. The minimum Gasteiger partial charge on any atom is -0.390 e. The Morgan fingerprint density at radius 2 is 1.77 bits per heavy atom. The summed E-state index contributed by atoms with van der Waals surface area (Å²) in [6.07, 6.45) is 9.02. The summed E-state index contributed by atoms with van der Waals surface area (Å²) in [5.74, 6) is -0.829. The monoisotopic (exact) mass is 424 g/mol. The molecule has 0 aromatic carbocycles. The number of fused-ring (bicyclic) bond motifs is 5. The lowest BCUT2D eigenvalue weighted by Crippen LogP contribution is -2.52. The van der Waals surface area contributed by atoms with Gasteiger partial charge in [-0.05, 0) is 106 Å². The van der Waals surface area contributed by atoms with Crippen molar-refractivity contribution in [2.75, 3.05) is 0 Å². The number of alkyl halides is 2. The highest BCUT2D eigenvalue weighted by Crippen LogP contribution is 2.67. The summed E-state index contributed by atoms with van der Waals surface area (Å²) < 4.78 is 28.6. The second kappa shape index (κ2) is 7.27. The molecule has 0 amide bonds. The van der Waals surface area contributed by atoms with Gasteiger partial charge >= 0.3 is 0 Å². The van der Waals surface area contributed by atoms with Gasteiger partial charge in [-0.25, -0.2) is 8.78 Å². The van der Waals surface area contributed by atoms with E-state index in [2.05, 4.69) is 19.9 Å². The quantitative estimate of drug-likeness (QED) is 0.516. The molecule has 1 unspecified atom stereocenters. The molecule has 4 aliphatic rings. The average molecular weight is 425 g/mol. The predicted octanol–water partition coefficient (Wildman–Crippen LogP) is 6.36. The van der Waals surface area contributed by atoms with E-state index in [0.29, 0.717) is 23.7 Å². The van der Waals surface area contributed by atoms with Gasteiger partial charge in [0.15, 0.2) is 0 Å². The SMILES string of the molecule is C[C@H](CC(F)(F)[C@@H](C)O)C1CC[C@H]2[C@@H]3CC=C4C[C@@](C)(O)CC[C@]4(C)[C@H]3CC[C@]12C. The molecule has 0 saturated heterocycles. The first-order valence-corrected chi connectivity index (χ1v) is 12.3. The van der Waals surface area contributed by atoms with E-state index in [1.807, 2.05) is 13.8 Å². The van der Waals surface area contributed by atoms with Crippen LogP contribution in [0.15, 0.2) is 11.6 Å². The van der Waals surface area contributed by atoms with Crippen molar-refractivity contribution in [2.45, 2.75) is 110 Å². The van der Waals surface area contributed by atoms with E-state index in [0.717, 1.165) is 44.9 Å². The Bertz CT molecular complexity index is 699. The Labute approximate surface area is 181 Å². The number of hydrogen-bond acceptors (Lipinski definition) is 2. The molecule has 3 fully saturated rings. The highest BCUT2D eigenvalue weighted by atomic mass is 19.3. The summed E-state index contributed by atoms with van der Waals surface area (Å²) >= 11 is 0. The Morgan fingerprint density at radius 3 is 2.43 bits per heavy atom. The molecule has 4 heteroatoms. The molecule has 0 aromatic heterocycles. The number of aliphatic hydroxyl groups excluding tert-OH is 1. The van der Waals surface area contributed by atoms with Crippen LogP contribution in [0, 0.1) is 40.4 Å². The second-order valence-electron chi connectivity index (χ2n) is 12.3. The molecule has 172 valence electrons. The first-order chi connectivity index (χ1) is 13.8. The highest BCUT2D eigenvalue weighted by molar-refractivity contribution is 5.26. The van der Waals surface area contributed by atoms with Gasteiger partial charge in [-0.3, -0.25) is 0 Å². The third-order valence-electron chi connectivity index (χ3n) is 10.3. The van der Waals surface area contributed by atoms with Crippen molar-refractivity contribution in [1.29, 1.82) is 0 Å². The zero-order valence-corrected chi connectivity index (χ0v) is 19.6. The minimum atomic E-state index is -3.00. The van der Waals surface area contributed by atoms with E-state index < -0.39 is 17.6 Å². The number of allylic oxidation sites excluding steroid dienone is 1. The molecule has 0 heterocycles. The van der Waals surface area contributed by atoms with Gasteiger partial charge in [0.1, 0.15) is 6.10 Å². The maximum Gasteiger partial charge on any atom is 0.273 e. The van der Waals surface area contributed by atoms with Crippen molar-refractivity contribution < 1.29 is 19.0 Å². The van der Waals surface area contributed by atoms with E-state index >= 15 is 0 Å². The molecular weight excluding hydrogens is 382 g/mol. The van der Waals surface area contributed by atoms with E-state index in [4.69, 9.17) is 0 Å². The first kappa shape index (κ1) is 22.7. The molecule has 0 aliphatic heterocycles. The van der Waals surface area contributed by atoms with E-state index in [1.54, 1.807) is 0 Å². The van der Waals surface area contributed by atoms with Crippen LogP contribution in [-0.4, -0.2) is 27.8 Å². The maximum atomic E-state index is 14.3. The van der Waals surface area contributed by atoms with E-state index in [-0.39, 0.29) is 23.2 Å². The molecule has 4 rings (SSSR count). The van der Waals surface area contributed by atoms with E-state index in [9.17, 15) is 19.0 Å². The number of aliphatic hydroxyl groups is 2. The van der Waals surface area contributed by atoms with Gasteiger partial charge in [0.2, 0.25) is 0 Å². The molecular formula is C26H42F2O2. The summed E-state index contributed by atoms with van der Waals surface area (Å²) in [6, 6.07) is 0. The van der Waals surface area contributed by atoms with Crippen molar-refractivity contribution in [3.63, 3.8) is 0 Å². The van der Waals surface area contributed by atoms with Gasteiger partial charge in [-0.1, -0.05) is 32.4 Å². The van der Waals surface area contributed by atoms with E-state index in [1.165, 1.54) is 18.9 Å². The summed E-state index contributed by atoms with van der Waals surface area (Å²) in [4.78, 5) is 0. The van der Waals surface area contributed by atoms with Gasteiger partial charge in [0.25, 0.3) is 5.92 Å². The predicted molar refractivity (Wildman–Crippen MR) is 116 cm³/mol. The van der Waals surface area contributed by atoms with Crippen LogP contribution in [-0.2, 0) is 0 Å². The largest absolute Gasteiger partial charge is 0.390 e. The van der Waals surface area contributed by atoms with Crippen LogP contribution in [0.1, 0.15) is 92.4 Å². The average Bonchev–Trinajstić information content (AvgIpc) is 2.99. The van der Waals surface area contributed by atoms with Crippen LogP contribution in [0.2, 0.25) is 0 Å². The maximum absolute atomic E-state index is 14.3. The second-order valence-corrected chi connectivity index (χ2v) is 12.3. The Kier molecular flexibility index (Phi) is 5.50. The van der Waals surface area contributed by atoms with Crippen molar-refractivity contribution in [1.82, 2.24) is 0 Å². The lowest BCUT2D eigenvalue weighted by molar-refractivity contribution is -0.125. The van der Waals surface area contributed by atoms with Gasteiger partial charge < -0.3 is 10.2 Å². The molecule has 0 aromatic rings. The molecule has 9 atom stereocenters. The van der Waals surface area contributed by atoms with Gasteiger partial charge in [-0.2, -0.15) is 0 Å². The van der Waals surface area contributed by atoms with Crippen LogP contribution >= 0.6 is 0 Å². The standard InChI is InChI=1S/C26H42F2O2/c1-16(14-26(27,28)17(2)29)20-8-9-21-19-7-6-18-15-23(3,30)12-13-24(18,4)22(19)10-11-25(20,21)5/h6,16-17,19-22,29-30H,7-15H2,1-5H3/t16-,17-,19+,20?,21+,22+,23+,24+,25-/m1/s1. The van der Waals surface area contributed by atoms with Crippen LogP contribution in [0.25, 0.3) is 0 Å². The lowest BCUT2D eigenvalue weighted by Gasteiger charge is -2.59. The first-order valence-electron chi connectivity index (χ1n) is 12.3. The van der Waals surface area contributed by atoms with Crippen LogP contribution in [0.5, 0.6) is 0 Å². The topological polar surface area (TPSA) is 40.5 Å². The fraction of sp³-hybridized carbons (Fsp3) is 0.923. The summed E-state index contributed by atoms with van der Waals surface area (Å²) in [5, 5.41) is 20.1. The van der Waals surface area contributed by atoms with Crippen LogP contribution < -0.4 is 0 Å². The number of rotatable bonds is 4. The summed E-state index contributed by atoms with van der Waals surface area (Å²) in [7, 11) is 0. The van der Waals surface area contributed by atoms with Gasteiger partial charge in [0, 0.05) is 6.42 Å². The summed E-state index contributed by atoms with van der Waals surface area (Å²) in [6.45, 7) is 10.0. The fourth-order valence-corrected chi connectivity index (χ4v) is 8.52. The molecule has 0 radical (unpaired) electrons. The normalized spacial score (nSPS) is 48.2. The Morgan fingerprint density at radius 1 is 1.07 bits per heavy atom. The molecule has 0 spiro atoms. The molecule has 4 aliphatic carbocycles. The highest BCUT2D eigenvalue weighted by Gasteiger charge is 2.60. The molecule has 2 N–H and O–H groups in total. The van der Waals surface area contributed by atoms with Crippen molar-refractivity contribution in [2.24, 2.45) is 40.4 Å². The third-order valence-corrected chi connectivity index (χ3v) is 10.3. The molecule has 0 bridgehead atoms. The Balaban J connectivity index is 1.55. The molecule has 3 saturated carbocycles. The van der Waals surface area contributed by atoms with Crippen LogP contribution in [0.3, 0.4) is 0 Å². The minimum absolute atomic E-state index is 0.0730. The summed E-state index contributed by atoms with van der Waals surface area (Å²) in [5.41, 5.74) is 1.25. The lowest BCUT2D eigenvalue weighted by atomic mass is 9.46. The van der Waals surface area contributed by atoms with Crippen molar-refractivity contribution in [3.8, 4) is 0 Å². The zero-order valence-electron chi connectivity index (χ0n) is 19.6. The fourth-order valence-electron chi connectivity index (χ4n) is 8.52. The van der Waals surface area contributed by atoms with Gasteiger partial charge in [0.05, 0.1) is 5.60 Å². The molecule has 2 nitrogen and oxygen atoms in total. The zero-order chi connectivity index (χ0) is 22.1. The molecule has 30 heavy (non-hydrogen) atoms. The van der Waals surface area contributed by atoms with Crippen molar-refractivity contribution in [3.05, 3.63) is 11.6 Å². The number of halogens is 2. The van der Waals surface area contributed by atoms with Crippen molar-refractivity contribution >= 4 is 0 Å². The smallest absolute Gasteiger partial charge is 0.273 e. The van der Waals surface area contributed by atoms with Gasteiger partial charge in [-0.15, -0.1) is 0 Å². The van der Waals surface area contributed by atoms with Crippen LogP contribution in [0.4, 0.5) is 8.78 Å².